The zero-order chi connectivity index (χ0) is 11.7. The Morgan fingerprint density at radius 1 is 1.19 bits per heavy atom. The van der Waals surface area contributed by atoms with Crippen LogP contribution in [0.15, 0.2) is 38.6 Å². The second kappa shape index (κ2) is 4.77. The lowest BCUT2D eigenvalue weighted by atomic mass is 10.1. The van der Waals surface area contributed by atoms with Gasteiger partial charge >= 0.3 is 0 Å². The summed E-state index contributed by atoms with van der Waals surface area (Å²) in [5, 5.41) is 1.78. The molecule has 0 saturated carbocycles. The molecule has 5 heteroatoms. The number of hydrogen-bond acceptors (Lipinski definition) is 2. The first-order valence-electron chi connectivity index (χ1n) is 4.33. The first kappa shape index (κ1) is 12.0. The third-order valence-electron chi connectivity index (χ3n) is 2.01. The Morgan fingerprint density at radius 3 is 2.50 bits per heavy atom. The Bertz CT molecular complexity index is 530. The van der Waals surface area contributed by atoms with Crippen LogP contribution in [0, 0.1) is 5.82 Å². The summed E-state index contributed by atoms with van der Waals surface area (Å²) in [6.45, 7) is 0. The Kier molecular flexibility index (Phi) is 3.56. The molecule has 0 aliphatic heterocycles. The highest BCUT2D eigenvalue weighted by atomic mass is 79.9. The zero-order valence-corrected chi connectivity index (χ0v) is 11.8. The topological polar surface area (TPSA) is 17.1 Å². The van der Waals surface area contributed by atoms with E-state index in [1.165, 1.54) is 17.4 Å². The molecule has 0 aliphatic rings. The first-order chi connectivity index (χ1) is 7.61. The highest BCUT2D eigenvalue weighted by Gasteiger charge is 2.20. The molecule has 16 heavy (non-hydrogen) atoms. The van der Waals surface area contributed by atoms with Crippen LogP contribution < -0.4 is 0 Å². The van der Waals surface area contributed by atoms with Gasteiger partial charge in [0.25, 0.3) is 0 Å². The van der Waals surface area contributed by atoms with Gasteiger partial charge in [-0.1, -0.05) is 6.07 Å². The van der Waals surface area contributed by atoms with E-state index in [0.717, 1.165) is 0 Å². The van der Waals surface area contributed by atoms with Gasteiger partial charge in [0.1, 0.15) is 5.82 Å². The molecule has 2 rings (SSSR count). The number of carbonyl (C=O) groups is 1. The summed E-state index contributed by atoms with van der Waals surface area (Å²) >= 11 is 7.74. The fourth-order valence-electron chi connectivity index (χ4n) is 1.28. The minimum absolute atomic E-state index is 0.0747. The normalized spacial score (nSPS) is 10.4. The average Bonchev–Trinajstić information content (AvgIpc) is 2.64. The molecule has 1 nitrogen and oxygen atoms in total. The number of halogens is 3. The fraction of sp³-hybridized carbons (Fsp3) is 0. The molecule has 0 spiro atoms. The molecule has 2 aromatic rings. The van der Waals surface area contributed by atoms with E-state index in [2.05, 4.69) is 31.9 Å². The Hall–Kier alpha value is -0.520. The summed E-state index contributed by atoms with van der Waals surface area (Å²) in [7, 11) is 0. The van der Waals surface area contributed by atoms with Crippen LogP contribution in [-0.2, 0) is 0 Å². The summed E-state index contributed by atoms with van der Waals surface area (Å²) in [4.78, 5) is 12.6. The smallest absolute Gasteiger partial charge is 0.208 e. The van der Waals surface area contributed by atoms with Crippen molar-refractivity contribution in [1.82, 2.24) is 0 Å². The second-order valence-corrected chi connectivity index (χ2v) is 5.65. The molecular weight excluding hydrogens is 359 g/mol. The van der Waals surface area contributed by atoms with Gasteiger partial charge < -0.3 is 0 Å². The van der Waals surface area contributed by atoms with Crippen LogP contribution in [0.3, 0.4) is 0 Å². The molecule has 0 amide bonds. The van der Waals surface area contributed by atoms with E-state index in [0.29, 0.717) is 13.8 Å². The number of ketones is 1. The maximum Gasteiger partial charge on any atom is 0.208 e. The van der Waals surface area contributed by atoms with Crippen molar-refractivity contribution in [2.24, 2.45) is 0 Å². The van der Waals surface area contributed by atoms with Crippen LogP contribution in [-0.4, -0.2) is 5.78 Å². The summed E-state index contributed by atoms with van der Waals surface area (Å²) in [6, 6.07) is 6.25. The molecule has 1 heterocycles. The molecule has 82 valence electrons. The van der Waals surface area contributed by atoms with E-state index < -0.39 is 5.82 Å². The van der Waals surface area contributed by atoms with Crippen LogP contribution in [0.25, 0.3) is 0 Å². The van der Waals surface area contributed by atoms with Gasteiger partial charge in [-0.3, -0.25) is 4.79 Å². The summed E-state index contributed by atoms with van der Waals surface area (Å²) in [6.07, 6.45) is 0. The average molecular weight is 364 g/mol. The van der Waals surface area contributed by atoms with Crippen molar-refractivity contribution in [3.8, 4) is 0 Å². The number of thiophene rings is 1. The molecule has 0 N–H and O–H groups in total. The van der Waals surface area contributed by atoms with Crippen molar-refractivity contribution in [1.29, 1.82) is 0 Å². The van der Waals surface area contributed by atoms with Gasteiger partial charge in [-0.2, -0.15) is 0 Å². The van der Waals surface area contributed by atoms with Gasteiger partial charge in [-0.25, -0.2) is 4.39 Å². The zero-order valence-electron chi connectivity index (χ0n) is 7.84. The number of carbonyl (C=O) groups excluding carboxylic acids is 1. The number of hydrogen-bond donors (Lipinski definition) is 0. The van der Waals surface area contributed by atoms with Crippen molar-refractivity contribution < 1.29 is 9.18 Å². The number of rotatable bonds is 2. The van der Waals surface area contributed by atoms with Crippen LogP contribution in [0.2, 0.25) is 0 Å². The Labute approximate surface area is 113 Å². The quantitative estimate of drug-likeness (QED) is 0.710. The van der Waals surface area contributed by atoms with E-state index >= 15 is 0 Å². The number of benzene rings is 1. The summed E-state index contributed by atoms with van der Waals surface area (Å²) < 4.78 is 14.7. The van der Waals surface area contributed by atoms with E-state index in [4.69, 9.17) is 0 Å². The maximum absolute atomic E-state index is 13.6. The molecule has 1 aromatic heterocycles. The van der Waals surface area contributed by atoms with Crippen LogP contribution in [0.5, 0.6) is 0 Å². The second-order valence-electron chi connectivity index (χ2n) is 3.02. The SMILES string of the molecule is O=C(c1sccc1Br)c1c(F)cccc1Br. The van der Waals surface area contributed by atoms with Gasteiger partial charge in [-0.05, 0) is 55.4 Å². The Balaban J connectivity index is 2.54. The summed E-state index contributed by atoms with van der Waals surface area (Å²) in [5.74, 6) is -0.827. The molecule has 0 bridgehead atoms. The molecule has 0 radical (unpaired) electrons. The predicted octanol–water partition coefficient (Wildman–Crippen LogP) is 4.64. The fourth-order valence-corrected chi connectivity index (χ4v) is 3.30. The molecular formula is C11H5Br2FOS. The van der Waals surface area contributed by atoms with Gasteiger partial charge in [0.2, 0.25) is 5.78 Å². The molecule has 0 fully saturated rings. The van der Waals surface area contributed by atoms with Crippen LogP contribution in [0.4, 0.5) is 4.39 Å². The lowest BCUT2D eigenvalue weighted by molar-refractivity contribution is 0.103. The standard InChI is InChI=1S/C11H5Br2FOS/c12-6-2-1-3-8(14)9(6)10(15)11-7(13)4-5-16-11/h1-5H. The van der Waals surface area contributed by atoms with E-state index in [1.807, 2.05) is 0 Å². The van der Waals surface area contributed by atoms with Crippen molar-refractivity contribution in [2.75, 3.05) is 0 Å². The van der Waals surface area contributed by atoms with E-state index in [-0.39, 0.29) is 11.3 Å². The van der Waals surface area contributed by atoms with E-state index in [1.54, 1.807) is 23.6 Å². The first-order valence-corrected chi connectivity index (χ1v) is 6.79. The Morgan fingerprint density at radius 2 is 1.94 bits per heavy atom. The third-order valence-corrected chi connectivity index (χ3v) is 4.51. The van der Waals surface area contributed by atoms with E-state index in [9.17, 15) is 9.18 Å². The predicted molar refractivity (Wildman–Crippen MR) is 69.6 cm³/mol. The largest absolute Gasteiger partial charge is 0.287 e. The lowest BCUT2D eigenvalue weighted by Gasteiger charge is -2.03. The monoisotopic (exact) mass is 362 g/mol. The van der Waals surface area contributed by atoms with Gasteiger partial charge in [0.15, 0.2) is 0 Å². The molecule has 1 aromatic carbocycles. The van der Waals surface area contributed by atoms with Gasteiger partial charge in [0.05, 0.1) is 10.4 Å². The molecule has 0 atom stereocenters. The molecule has 0 aliphatic carbocycles. The van der Waals surface area contributed by atoms with Crippen LogP contribution >= 0.6 is 43.2 Å². The van der Waals surface area contributed by atoms with Gasteiger partial charge in [0, 0.05) is 8.95 Å². The van der Waals surface area contributed by atoms with Gasteiger partial charge in [-0.15, -0.1) is 11.3 Å². The van der Waals surface area contributed by atoms with Crippen molar-refractivity contribution in [3.05, 3.63) is 54.8 Å². The summed E-state index contributed by atoms with van der Waals surface area (Å²) in [5.41, 5.74) is 0.0747. The van der Waals surface area contributed by atoms with Crippen molar-refractivity contribution in [2.45, 2.75) is 0 Å². The highest BCUT2D eigenvalue weighted by molar-refractivity contribution is 9.11. The third kappa shape index (κ3) is 2.12. The van der Waals surface area contributed by atoms with Crippen LogP contribution in [0.1, 0.15) is 15.2 Å². The maximum atomic E-state index is 13.6. The minimum atomic E-state index is -0.514. The lowest BCUT2D eigenvalue weighted by Crippen LogP contribution is -2.04. The molecule has 0 unspecified atom stereocenters. The van der Waals surface area contributed by atoms with Crippen molar-refractivity contribution in [3.63, 3.8) is 0 Å². The highest BCUT2D eigenvalue weighted by Crippen LogP contribution is 2.29. The minimum Gasteiger partial charge on any atom is -0.287 e. The van der Waals surface area contributed by atoms with Crippen molar-refractivity contribution >= 4 is 49.0 Å². The molecule has 0 saturated heterocycles.